The topological polar surface area (TPSA) is 203 Å². The van der Waals surface area contributed by atoms with Gasteiger partial charge in [0, 0.05) is 24.7 Å². The Bertz CT molecular complexity index is 1520. The normalized spacial score (nSPS) is 12.5. The molecule has 0 heterocycles. The van der Waals surface area contributed by atoms with Gasteiger partial charge in [0.15, 0.2) is 0 Å². The monoisotopic (exact) mass is 1150 g/mol. The van der Waals surface area contributed by atoms with Crippen LogP contribution < -0.4 is 0 Å². The minimum absolute atomic E-state index is 0.0772. The molecule has 0 aliphatic rings. The highest BCUT2D eigenvalue weighted by Crippen LogP contribution is 2.47. The van der Waals surface area contributed by atoms with E-state index < -0.39 is 0 Å². The van der Waals surface area contributed by atoms with E-state index >= 15 is 0 Å². The zero-order valence-electron chi connectivity index (χ0n) is 51.7. The fraction of sp³-hybridized carbons (Fsp3) is 0.883. The fourth-order valence-electron chi connectivity index (χ4n) is 8.79. The zero-order valence-corrected chi connectivity index (χ0v) is 51.7. The molecule has 0 aromatic heterocycles. The average molecular weight is 1150 g/mol. The molecule has 1 rings (SSSR count). The molecule has 1 aromatic rings. The number of rotatable bonds is 58. The molecule has 0 spiro atoms. The number of hydrogen-bond acceptors (Lipinski definition) is 20. The summed E-state index contributed by atoms with van der Waals surface area (Å²) in [6, 6.07) is 4.18. The van der Waals surface area contributed by atoms with Gasteiger partial charge >= 0.3 is 5.97 Å². The predicted octanol–water partition coefficient (Wildman–Crippen LogP) is 7.21. The molecule has 0 saturated heterocycles. The minimum Gasteiger partial charge on any atom is -0.507 e. The maximum Gasteiger partial charge on any atom is 0.306 e. The highest BCUT2D eigenvalue weighted by molar-refractivity contribution is 5.69. The van der Waals surface area contributed by atoms with Crippen molar-refractivity contribution in [3.05, 3.63) is 28.8 Å². The Labute approximate surface area is 482 Å². The van der Waals surface area contributed by atoms with Gasteiger partial charge in [0.2, 0.25) is 0 Å². The molecular weight excluding hydrogens is 1040 g/mol. The maximum atomic E-state index is 12.7. The van der Waals surface area contributed by atoms with Gasteiger partial charge in [-0.25, -0.2) is 0 Å². The van der Waals surface area contributed by atoms with E-state index in [0.717, 1.165) is 29.5 Å². The first-order valence-electron chi connectivity index (χ1n) is 29.1. The lowest BCUT2D eigenvalue weighted by atomic mass is 9.67. The van der Waals surface area contributed by atoms with E-state index in [0.29, 0.717) is 230 Å². The molecule has 20 nitrogen and oxygen atoms in total. The lowest BCUT2D eigenvalue weighted by molar-refractivity contribution is -0.145. The van der Waals surface area contributed by atoms with Crippen molar-refractivity contribution < 1.29 is 95.2 Å². The van der Waals surface area contributed by atoms with E-state index in [4.69, 9.17) is 85.3 Å². The van der Waals surface area contributed by atoms with Gasteiger partial charge in [0.25, 0.3) is 0 Å². The van der Waals surface area contributed by atoms with Gasteiger partial charge < -0.3 is 90.4 Å². The molecular formula is C60H112O20. The van der Waals surface area contributed by atoms with Crippen LogP contribution in [0.4, 0.5) is 0 Å². The first-order valence-corrected chi connectivity index (χ1v) is 29.1. The van der Waals surface area contributed by atoms with E-state index in [9.17, 15) is 9.90 Å². The number of phenolic OH excluding ortho intramolecular Hbond substituents is 1. The molecule has 0 radical (unpaired) electrons. The van der Waals surface area contributed by atoms with Gasteiger partial charge in [0.05, 0.1) is 218 Å². The first kappa shape index (κ1) is 75.8. The summed E-state index contributed by atoms with van der Waals surface area (Å²) >= 11 is 0. The quantitative estimate of drug-likeness (QED) is 0.0506. The summed E-state index contributed by atoms with van der Waals surface area (Å²) in [7, 11) is 1.64. The fourth-order valence-corrected chi connectivity index (χ4v) is 8.79. The van der Waals surface area contributed by atoms with Crippen LogP contribution in [0.1, 0.15) is 105 Å². The van der Waals surface area contributed by atoms with Crippen LogP contribution in [-0.2, 0) is 107 Å². The number of hydrogen-bond donors (Lipinski definition) is 1. The summed E-state index contributed by atoms with van der Waals surface area (Å²) in [6.07, 6.45) is 2.58. The van der Waals surface area contributed by atoms with Crippen LogP contribution >= 0.6 is 0 Å². The van der Waals surface area contributed by atoms with Crippen LogP contribution in [0, 0.1) is 10.8 Å². The van der Waals surface area contributed by atoms with Crippen LogP contribution in [0.3, 0.4) is 0 Å². The van der Waals surface area contributed by atoms with Crippen molar-refractivity contribution in [3.63, 3.8) is 0 Å². The number of ether oxygens (including phenoxy) is 18. The molecule has 0 amide bonds. The maximum absolute atomic E-state index is 12.7. The van der Waals surface area contributed by atoms with E-state index in [2.05, 4.69) is 81.4 Å². The number of aryl methyl sites for hydroxylation is 1. The van der Waals surface area contributed by atoms with Crippen molar-refractivity contribution in [2.45, 2.75) is 106 Å². The Morgan fingerprint density at radius 2 is 0.537 bits per heavy atom. The predicted molar refractivity (Wildman–Crippen MR) is 307 cm³/mol. The first-order chi connectivity index (χ1) is 38.4. The molecule has 0 bridgehead atoms. The third kappa shape index (κ3) is 46.2. The molecule has 1 N–H and O–H groups in total. The van der Waals surface area contributed by atoms with Gasteiger partial charge in [-0.15, -0.1) is 0 Å². The van der Waals surface area contributed by atoms with E-state index in [1.807, 2.05) is 0 Å². The highest BCUT2D eigenvalue weighted by atomic mass is 16.6. The van der Waals surface area contributed by atoms with Crippen molar-refractivity contribution in [2.24, 2.45) is 10.8 Å². The number of carbonyl (C=O) groups excluding carboxylic acids is 1. The number of phenols is 1. The summed E-state index contributed by atoms with van der Waals surface area (Å²) in [5.74, 6) is 0.101. The van der Waals surface area contributed by atoms with Gasteiger partial charge in [-0.3, -0.25) is 4.79 Å². The van der Waals surface area contributed by atoms with Crippen LogP contribution in [-0.4, -0.2) is 243 Å². The SMILES string of the molecule is COCCOCCOCCOCCOCCOCCOCCOCCOCCOCCOCCOCCOCCOCCOCCOCCOCCOC(=O)CCc1cc(C(C)(C)CC(C)(C)C)c(O)c(C(C)(C)CC(C)(C)C)c1. The Kier molecular flexibility index (Phi) is 46.5. The molecule has 0 unspecified atom stereocenters. The van der Waals surface area contributed by atoms with Crippen LogP contribution in [0.2, 0.25) is 0 Å². The Hall–Kier alpha value is -2.19. The van der Waals surface area contributed by atoms with Gasteiger partial charge in [0.1, 0.15) is 12.4 Å². The molecule has 0 aliphatic carbocycles. The molecule has 472 valence electrons. The number of esters is 1. The molecule has 80 heavy (non-hydrogen) atoms. The molecule has 0 aliphatic heterocycles. The second-order valence-electron chi connectivity index (χ2n) is 22.8. The summed E-state index contributed by atoms with van der Waals surface area (Å²) in [4.78, 5) is 12.7. The van der Waals surface area contributed by atoms with E-state index in [1.165, 1.54) is 0 Å². The number of benzene rings is 1. The summed E-state index contributed by atoms with van der Waals surface area (Å²) in [5.41, 5.74) is 2.54. The van der Waals surface area contributed by atoms with Crippen LogP contribution in [0.15, 0.2) is 12.1 Å². The standard InChI is InChI=1S/C60H112O20/c1-57(2,3)50-59(7,8)53-48-52(49-54(56(53)62)60(9,10)51-58(4,5)6)12-13-55(61)80-47-46-79-45-44-78-43-42-77-41-40-76-39-38-75-37-36-74-35-34-73-33-32-72-31-30-71-29-28-70-27-26-69-25-24-68-23-22-67-21-20-66-19-18-65-17-16-64-15-14-63-11/h48-49,62H,12-47,50-51H2,1-11H3. The van der Waals surface area contributed by atoms with Crippen molar-refractivity contribution in [2.75, 3.05) is 232 Å². The van der Waals surface area contributed by atoms with Gasteiger partial charge in [-0.2, -0.15) is 0 Å². The van der Waals surface area contributed by atoms with Crippen molar-refractivity contribution in [3.8, 4) is 5.75 Å². The third-order valence-corrected chi connectivity index (χ3v) is 11.7. The zero-order chi connectivity index (χ0) is 58.9. The second-order valence-corrected chi connectivity index (χ2v) is 22.8. The smallest absolute Gasteiger partial charge is 0.306 e. The van der Waals surface area contributed by atoms with Crippen molar-refractivity contribution in [1.82, 2.24) is 0 Å². The van der Waals surface area contributed by atoms with Crippen LogP contribution in [0.5, 0.6) is 5.75 Å². The summed E-state index contributed by atoms with van der Waals surface area (Å²) in [6.45, 7) is 38.3. The highest BCUT2D eigenvalue weighted by Gasteiger charge is 2.35. The van der Waals surface area contributed by atoms with Gasteiger partial charge in [-0.05, 0) is 46.5 Å². The molecule has 1 aromatic carbocycles. The summed E-state index contributed by atoms with van der Waals surface area (Å²) < 4.78 is 98.5. The largest absolute Gasteiger partial charge is 0.507 e. The Morgan fingerprint density at radius 1 is 0.338 bits per heavy atom. The Morgan fingerprint density at radius 3 is 0.738 bits per heavy atom. The van der Waals surface area contributed by atoms with Crippen molar-refractivity contribution in [1.29, 1.82) is 0 Å². The van der Waals surface area contributed by atoms with E-state index in [-0.39, 0.29) is 40.7 Å². The molecule has 0 fully saturated rings. The van der Waals surface area contributed by atoms with Crippen molar-refractivity contribution >= 4 is 5.97 Å². The molecule has 0 atom stereocenters. The number of carbonyl (C=O) groups is 1. The lowest BCUT2D eigenvalue weighted by Crippen LogP contribution is -2.28. The lowest BCUT2D eigenvalue weighted by Gasteiger charge is -2.37. The summed E-state index contributed by atoms with van der Waals surface area (Å²) in [5, 5.41) is 11.7. The van der Waals surface area contributed by atoms with E-state index in [1.54, 1.807) is 7.11 Å². The third-order valence-electron chi connectivity index (χ3n) is 11.7. The van der Waals surface area contributed by atoms with Crippen LogP contribution in [0.25, 0.3) is 0 Å². The second kappa shape index (κ2) is 49.1. The molecule has 0 saturated carbocycles. The minimum atomic E-state index is -0.274. The molecule has 20 heteroatoms. The number of aromatic hydroxyl groups is 1. The average Bonchev–Trinajstić information content (AvgIpc) is 3.41. The number of methoxy groups -OCH3 is 1. The van der Waals surface area contributed by atoms with Gasteiger partial charge in [-0.1, -0.05) is 81.4 Å². The Balaban J connectivity index is 1.84.